The van der Waals surface area contributed by atoms with Gasteiger partial charge < -0.3 is 10.6 Å². The van der Waals surface area contributed by atoms with Crippen LogP contribution < -0.4 is 10.6 Å². The van der Waals surface area contributed by atoms with E-state index < -0.39 is 10.0 Å². The van der Waals surface area contributed by atoms with Crippen molar-refractivity contribution < 1.29 is 13.2 Å². The van der Waals surface area contributed by atoms with E-state index in [-0.39, 0.29) is 17.4 Å². The summed E-state index contributed by atoms with van der Waals surface area (Å²) in [6, 6.07) is 10.1. The van der Waals surface area contributed by atoms with E-state index in [0.717, 1.165) is 25.7 Å². The fourth-order valence-electron chi connectivity index (χ4n) is 4.02. The lowest BCUT2D eigenvalue weighted by Crippen LogP contribution is -2.62. The Morgan fingerprint density at radius 2 is 2.00 bits per heavy atom. The van der Waals surface area contributed by atoms with Crippen molar-refractivity contribution in [3.63, 3.8) is 0 Å². The van der Waals surface area contributed by atoms with E-state index in [9.17, 15) is 13.2 Å². The lowest BCUT2D eigenvalue weighted by atomic mass is 9.75. The first-order chi connectivity index (χ1) is 12.4. The molecule has 7 heteroatoms. The van der Waals surface area contributed by atoms with E-state index in [0.29, 0.717) is 32.6 Å². The largest absolute Gasteiger partial charge is 0.355 e. The topological polar surface area (TPSA) is 78.5 Å². The summed E-state index contributed by atoms with van der Waals surface area (Å²) in [5.74, 6) is 0.0711. The number of amides is 1. The molecule has 2 N–H and O–H groups in total. The van der Waals surface area contributed by atoms with Crippen molar-refractivity contribution in [1.29, 1.82) is 0 Å². The molecule has 1 atom stereocenters. The number of carbonyl (C=O) groups is 1. The fourth-order valence-corrected chi connectivity index (χ4v) is 5.23. The number of sulfonamides is 1. The van der Waals surface area contributed by atoms with E-state index >= 15 is 0 Å². The van der Waals surface area contributed by atoms with Crippen LogP contribution in [0.25, 0.3) is 0 Å². The molecule has 144 valence electrons. The minimum Gasteiger partial charge on any atom is -0.355 e. The number of benzene rings is 1. The maximum Gasteiger partial charge on any atom is 0.229 e. The van der Waals surface area contributed by atoms with Crippen LogP contribution in [-0.2, 0) is 21.2 Å². The van der Waals surface area contributed by atoms with Gasteiger partial charge in [-0.2, -0.15) is 4.31 Å². The molecule has 1 aromatic carbocycles. The second kappa shape index (κ2) is 8.06. The lowest BCUT2D eigenvalue weighted by molar-refractivity contribution is -0.134. The van der Waals surface area contributed by atoms with Crippen LogP contribution in [0.15, 0.2) is 30.3 Å². The van der Waals surface area contributed by atoms with Crippen LogP contribution in [0.2, 0.25) is 0 Å². The van der Waals surface area contributed by atoms with Gasteiger partial charge in [0.2, 0.25) is 15.9 Å². The number of piperidine rings is 1. The molecule has 0 saturated carbocycles. The van der Waals surface area contributed by atoms with Crippen LogP contribution >= 0.6 is 0 Å². The third kappa shape index (κ3) is 4.45. The maximum atomic E-state index is 12.8. The molecule has 2 heterocycles. The molecule has 0 spiro atoms. The van der Waals surface area contributed by atoms with E-state index in [2.05, 4.69) is 22.8 Å². The van der Waals surface area contributed by atoms with Gasteiger partial charge in [-0.25, -0.2) is 8.42 Å². The van der Waals surface area contributed by atoms with Gasteiger partial charge in [0.25, 0.3) is 0 Å². The Kier molecular flexibility index (Phi) is 5.99. The quantitative estimate of drug-likeness (QED) is 0.745. The average molecular weight is 380 g/mol. The van der Waals surface area contributed by atoms with E-state index in [1.165, 1.54) is 11.8 Å². The van der Waals surface area contributed by atoms with Crippen LogP contribution in [-0.4, -0.2) is 57.1 Å². The molecule has 3 rings (SSSR count). The summed E-state index contributed by atoms with van der Waals surface area (Å²) in [6.07, 6.45) is 5.52. The SMILES string of the molecule is CS(=O)(=O)N1CCCCC1CCNC(=O)C1(Cc2ccccc2)CNC1. The molecule has 6 nitrogen and oxygen atoms in total. The second-order valence-corrected chi connectivity index (χ2v) is 9.55. The van der Waals surface area contributed by atoms with Crippen molar-refractivity contribution in [2.24, 2.45) is 5.41 Å². The van der Waals surface area contributed by atoms with Crippen LogP contribution in [0.3, 0.4) is 0 Å². The Morgan fingerprint density at radius 3 is 2.62 bits per heavy atom. The van der Waals surface area contributed by atoms with Crippen molar-refractivity contribution in [2.75, 3.05) is 32.4 Å². The minimum atomic E-state index is -3.18. The number of hydrogen-bond acceptors (Lipinski definition) is 4. The Labute approximate surface area is 156 Å². The number of nitrogens with one attached hydrogen (secondary N) is 2. The molecule has 0 bridgehead atoms. The monoisotopic (exact) mass is 379 g/mol. The molecule has 26 heavy (non-hydrogen) atoms. The van der Waals surface area contributed by atoms with Crippen LogP contribution in [0.1, 0.15) is 31.2 Å². The summed E-state index contributed by atoms with van der Waals surface area (Å²) in [7, 11) is -3.18. The highest BCUT2D eigenvalue weighted by molar-refractivity contribution is 7.88. The number of carbonyl (C=O) groups excluding carboxylic acids is 1. The average Bonchev–Trinajstić information content (AvgIpc) is 2.58. The molecule has 1 aromatic rings. The van der Waals surface area contributed by atoms with Crippen molar-refractivity contribution >= 4 is 15.9 Å². The summed E-state index contributed by atoms with van der Waals surface area (Å²) < 4.78 is 25.5. The van der Waals surface area contributed by atoms with E-state index in [1.54, 1.807) is 4.31 Å². The molecule has 2 saturated heterocycles. The Balaban J connectivity index is 1.54. The van der Waals surface area contributed by atoms with Gasteiger partial charge in [-0.1, -0.05) is 36.8 Å². The maximum absolute atomic E-state index is 12.8. The number of rotatable bonds is 7. The fraction of sp³-hybridized carbons (Fsp3) is 0.632. The summed E-state index contributed by atoms with van der Waals surface area (Å²) in [5.41, 5.74) is 0.782. The first-order valence-corrected chi connectivity index (χ1v) is 11.3. The minimum absolute atomic E-state index is 0.00337. The molecule has 1 unspecified atom stereocenters. The van der Waals surface area contributed by atoms with Gasteiger partial charge in [-0.3, -0.25) is 4.79 Å². The Bertz CT molecular complexity index is 717. The molecule has 2 aliphatic heterocycles. The highest BCUT2D eigenvalue weighted by atomic mass is 32.2. The van der Waals surface area contributed by atoms with Crippen LogP contribution in [0, 0.1) is 5.41 Å². The zero-order chi connectivity index (χ0) is 18.6. The van der Waals surface area contributed by atoms with E-state index in [1.807, 2.05) is 18.2 Å². The van der Waals surface area contributed by atoms with Crippen molar-refractivity contribution in [3.8, 4) is 0 Å². The van der Waals surface area contributed by atoms with Crippen molar-refractivity contribution in [1.82, 2.24) is 14.9 Å². The molecule has 0 aromatic heterocycles. The van der Waals surface area contributed by atoms with Crippen LogP contribution in [0.4, 0.5) is 0 Å². The molecule has 2 fully saturated rings. The molecule has 2 aliphatic rings. The Hall–Kier alpha value is -1.44. The predicted molar refractivity (Wildman–Crippen MR) is 102 cm³/mol. The summed E-state index contributed by atoms with van der Waals surface area (Å²) in [6.45, 7) is 2.49. The lowest BCUT2D eigenvalue weighted by Gasteiger charge is -2.41. The van der Waals surface area contributed by atoms with Gasteiger partial charge >= 0.3 is 0 Å². The van der Waals surface area contributed by atoms with Crippen molar-refractivity contribution in [2.45, 2.75) is 38.1 Å². The predicted octanol–water partition coefficient (Wildman–Crippen LogP) is 1.14. The zero-order valence-electron chi connectivity index (χ0n) is 15.4. The van der Waals surface area contributed by atoms with Crippen LogP contribution in [0.5, 0.6) is 0 Å². The normalized spacial score (nSPS) is 23.2. The van der Waals surface area contributed by atoms with Gasteiger partial charge in [0.1, 0.15) is 0 Å². The first kappa shape index (κ1) is 19.3. The van der Waals surface area contributed by atoms with Crippen molar-refractivity contribution in [3.05, 3.63) is 35.9 Å². The molecular weight excluding hydrogens is 350 g/mol. The molecule has 0 radical (unpaired) electrons. The highest BCUT2D eigenvalue weighted by Crippen LogP contribution is 2.28. The third-order valence-corrected chi connectivity index (χ3v) is 6.89. The highest BCUT2D eigenvalue weighted by Gasteiger charge is 2.44. The summed E-state index contributed by atoms with van der Waals surface area (Å²) >= 11 is 0. The molecule has 0 aliphatic carbocycles. The van der Waals surface area contributed by atoms with Gasteiger partial charge in [0.05, 0.1) is 11.7 Å². The van der Waals surface area contributed by atoms with Gasteiger partial charge in [0.15, 0.2) is 0 Å². The molecule has 1 amide bonds. The standard InChI is InChI=1S/C19H29N3O3S/c1-26(24,25)22-12-6-5-9-17(22)10-11-21-18(23)19(14-20-15-19)13-16-7-3-2-4-8-16/h2-4,7-8,17,20H,5-6,9-15H2,1H3,(H,21,23). The Morgan fingerprint density at radius 1 is 1.27 bits per heavy atom. The van der Waals surface area contributed by atoms with Gasteiger partial charge in [-0.15, -0.1) is 0 Å². The second-order valence-electron chi connectivity index (χ2n) is 7.61. The smallest absolute Gasteiger partial charge is 0.229 e. The molecular formula is C19H29N3O3S. The van der Waals surface area contributed by atoms with Gasteiger partial charge in [-0.05, 0) is 31.2 Å². The zero-order valence-corrected chi connectivity index (χ0v) is 16.2. The third-order valence-electron chi connectivity index (χ3n) is 5.56. The summed E-state index contributed by atoms with van der Waals surface area (Å²) in [5, 5.41) is 6.29. The summed E-state index contributed by atoms with van der Waals surface area (Å²) in [4.78, 5) is 12.8. The number of nitrogens with zero attached hydrogens (tertiary/aromatic N) is 1. The van der Waals surface area contributed by atoms with E-state index in [4.69, 9.17) is 0 Å². The number of hydrogen-bond donors (Lipinski definition) is 2. The first-order valence-electron chi connectivity index (χ1n) is 9.40. The van der Waals surface area contributed by atoms with Gasteiger partial charge in [0, 0.05) is 32.2 Å².